The summed E-state index contributed by atoms with van der Waals surface area (Å²) >= 11 is 0. The van der Waals surface area contributed by atoms with Gasteiger partial charge in [0.25, 0.3) is 0 Å². The van der Waals surface area contributed by atoms with Crippen LogP contribution >= 0.6 is 0 Å². The van der Waals surface area contributed by atoms with Crippen LogP contribution in [-0.2, 0) is 11.3 Å². The number of carbonyl (C=O) groups is 1. The zero-order chi connectivity index (χ0) is 21.6. The minimum atomic E-state index is -0.990. The molecule has 1 N–H and O–H groups in total. The van der Waals surface area contributed by atoms with E-state index in [1.165, 1.54) is 16.3 Å². The Labute approximate surface area is 181 Å². The van der Waals surface area contributed by atoms with Crippen molar-refractivity contribution in [3.63, 3.8) is 0 Å². The normalized spacial score (nSPS) is 12.3. The van der Waals surface area contributed by atoms with E-state index >= 15 is 0 Å². The van der Waals surface area contributed by atoms with Crippen molar-refractivity contribution in [2.45, 2.75) is 19.4 Å². The lowest BCUT2D eigenvalue weighted by molar-refractivity contribution is -0.131. The van der Waals surface area contributed by atoms with Crippen molar-refractivity contribution in [3.05, 3.63) is 102 Å². The molecule has 0 amide bonds. The number of rotatable bonds is 8. The maximum absolute atomic E-state index is 11.0. The van der Waals surface area contributed by atoms with Gasteiger partial charge in [-0.15, -0.1) is 0 Å². The average molecular weight is 412 g/mol. The SMILES string of the molecule is CC(COc1cc(Cn2cccn2)ccc1/C=C/C(=O)O)c1ccc2ccccc2c1. The van der Waals surface area contributed by atoms with Gasteiger partial charge in [-0.1, -0.05) is 61.5 Å². The van der Waals surface area contributed by atoms with E-state index in [0.29, 0.717) is 18.9 Å². The summed E-state index contributed by atoms with van der Waals surface area (Å²) in [6, 6.07) is 22.4. The molecule has 0 fully saturated rings. The Hall–Kier alpha value is -3.86. The molecule has 0 aliphatic carbocycles. The van der Waals surface area contributed by atoms with Crippen molar-refractivity contribution in [1.29, 1.82) is 0 Å². The van der Waals surface area contributed by atoms with Crippen LogP contribution in [0.1, 0.15) is 29.5 Å². The van der Waals surface area contributed by atoms with E-state index in [9.17, 15) is 4.79 Å². The number of benzene rings is 3. The molecule has 5 heteroatoms. The summed E-state index contributed by atoms with van der Waals surface area (Å²) in [4.78, 5) is 11.0. The van der Waals surface area contributed by atoms with Gasteiger partial charge in [-0.2, -0.15) is 5.10 Å². The molecular formula is C26H24N2O3. The van der Waals surface area contributed by atoms with E-state index in [1.807, 2.05) is 47.3 Å². The van der Waals surface area contributed by atoms with E-state index in [1.54, 1.807) is 12.3 Å². The van der Waals surface area contributed by atoms with Crippen LogP contribution in [0.15, 0.2) is 85.2 Å². The van der Waals surface area contributed by atoms with Crippen LogP contribution < -0.4 is 4.74 Å². The molecule has 4 aromatic rings. The highest BCUT2D eigenvalue weighted by atomic mass is 16.5. The Morgan fingerprint density at radius 2 is 1.94 bits per heavy atom. The van der Waals surface area contributed by atoms with Gasteiger partial charge in [0.2, 0.25) is 0 Å². The molecule has 1 heterocycles. The summed E-state index contributed by atoms with van der Waals surface area (Å²) < 4.78 is 8.02. The first-order chi connectivity index (χ1) is 15.1. The Bertz CT molecular complexity index is 1210. The summed E-state index contributed by atoms with van der Waals surface area (Å²) in [5.41, 5.74) is 2.97. The van der Waals surface area contributed by atoms with Gasteiger partial charge in [-0.3, -0.25) is 4.68 Å². The largest absolute Gasteiger partial charge is 0.492 e. The lowest BCUT2D eigenvalue weighted by atomic mass is 9.98. The molecule has 0 saturated carbocycles. The lowest BCUT2D eigenvalue weighted by Crippen LogP contribution is -2.08. The highest BCUT2D eigenvalue weighted by Crippen LogP contribution is 2.26. The number of ether oxygens (including phenoxy) is 1. The molecule has 0 spiro atoms. The molecule has 5 nitrogen and oxygen atoms in total. The minimum absolute atomic E-state index is 0.177. The molecule has 0 bridgehead atoms. The maximum atomic E-state index is 11.0. The second-order valence-corrected chi connectivity index (χ2v) is 7.57. The Balaban J connectivity index is 1.54. The van der Waals surface area contributed by atoms with Gasteiger partial charge < -0.3 is 9.84 Å². The summed E-state index contributed by atoms with van der Waals surface area (Å²) in [7, 11) is 0. The standard InChI is InChI=1S/C26H24N2O3/c1-19(23-10-9-21-5-2-3-6-24(21)16-23)18-31-25-15-20(17-28-14-4-13-27-28)7-8-22(25)11-12-26(29)30/h2-16,19H,17-18H2,1H3,(H,29,30)/b12-11+. The molecule has 0 aliphatic heterocycles. The smallest absolute Gasteiger partial charge is 0.328 e. The van der Waals surface area contributed by atoms with Crippen molar-refractivity contribution >= 4 is 22.8 Å². The van der Waals surface area contributed by atoms with Gasteiger partial charge in [0.15, 0.2) is 0 Å². The zero-order valence-corrected chi connectivity index (χ0v) is 17.3. The number of fused-ring (bicyclic) bond motifs is 1. The third kappa shape index (κ3) is 5.20. The van der Waals surface area contributed by atoms with Crippen molar-refractivity contribution in [2.24, 2.45) is 0 Å². The summed E-state index contributed by atoms with van der Waals surface area (Å²) in [6.45, 7) is 3.23. The molecule has 1 unspecified atom stereocenters. The summed E-state index contributed by atoms with van der Waals surface area (Å²) in [6.07, 6.45) is 6.34. The van der Waals surface area contributed by atoms with Gasteiger partial charge in [0, 0.05) is 30.0 Å². The topological polar surface area (TPSA) is 64.4 Å². The molecular weight excluding hydrogens is 388 g/mol. The summed E-state index contributed by atoms with van der Waals surface area (Å²) in [5, 5.41) is 15.7. The first-order valence-corrected chi connectivity index (χ1v) is 10.2. The highest BCUT2D eigenvalue weighted by molar-refractivity contribution is 5.86. The Kier molecular flexibility index (Phi) is 6.13. The van der Waals surface area contributed by atoms with Crippen molar-refractivity contribution in [3.8, 4) is 5.75 Å². The Morgan fingerprint density at radius 1 is 1.10 bits per heavy atom. The fourth-order valence-corrected chi connectivity index (χ4v) is 3.51. The average Bonchev–Trinajstić information content (AvgIpc) is 3.29. The van der Waals surface area contributed by atoms with Crippen molar-refractivity contribution in [1.82, 2.24) is 9.78 Å². The number of carboxylic acid groups (broad SMARTS) is 1. The number of aromatic nitrogens is 2. The third-order valence-corrected chi connectivity index (χ3v) is 5.22. The molecule has 0 saturated heterocycles. The maximum Gasteiger partial charge on any atom is 0.328 e. The van der Waals surface area contributed by atoms with E-state index in [-0.39, 0.29) is 5.92 Å². The lowest BCUT2D eigenvalue weighted by Gasteiger charge is -2.17. The minimum Gasteiger partial charge on any atom is -0.492 e. The first-order valence-electron chi connectivity index (χ1n) is 10.2. The van der Waals surface area contributed by atoms with Crippen LogP contribution in [0.5, 0.6) is 5.75 Å². The number of hydrogen-bond donors (Lipinski definition) is 1. The molecule has 31 heavy (non-hydrogen) atoms. The molecule has 1 atom stereocenters. The van der Waals surface area contributed by atoms with Crippen LogP contribution in [0.2, 0.25) is 0 Å². The molecule has 156 valence electrons. The molecule has 4 rings (SSSR count). The van der Waals surface area contributed by atoms with Gasteiger partial charge in [0.1, 0.15) is 5.75 Å². The third-order valence-electron chi connectivity index (χ3n) is 5.22. The van der Waals surface area contributed by atoms with Crippen LogP contribution in [0.25, 0.3) is 16.8 Å². The van der Waals surface area contributed by atoms with E-state index in [2.05, 4.69) is 42.4 Å². The van der Waals surface area contributed by atoms with Crippen LogP contribution in [0.4, 0.5) is 0 Å². The van der Waals surface area contributed by atoms with Crippen LogP contribution in [-0.4, -0.2) is 27.5 Å². The number of hydrogen-bond acceptors (Lipinski definition) is 3. The van der Waals surface area contributed by atoms with Crippen molar-refractivity contribution in [2.75, 3.05) is 6.61 Å². The van der Waals surface area contributed by atoms with Gasteiger partial charge >= 0.3 is 5.97 Å². The zero-order valence-electron chi connectivity index (χ0n) is 17.3. The second-order valence-electron chi connectivity index (χ2n) is 7.57. The Morgan fingerprint density at radius 3 is 2.71 bits per heavy atom. The number of carboxylic acids is 1. The van der Waals surface area contributed by atoms with Gasteiger partial charge in [-0.25, -0.2) is 4.79 Å². The van der Waals surface area contributed by atoms with E-state index in [4.69, 9.17) is 9.84 Å². The fourth-order valence-electron chi connectivity index (χ4n) is 3.51. The second kappa shape index (κ2) is 9.30. The molecule has 1 aromatic heterocycles. The van der Waals surface area contributed by atoms with Gasteiger partial charge in [0.05, 0.1) is 13.2 Å². The van der Waals surface area contributed by atoms with Crippen molar-refractivity contribution < 1.29 is 14.6 Å². The molecule has 3 aromatic carbocycles. The number of nitrogens with zero attached hydrogens (tertiary/aromatic N) is 2. The highest BCUT2D eigenvalue weighted by Gasteiger charge is 2.10. The van der Waals surface area contributed by atoms with Crippen LogP contribution in [0.3, 0.4) is 0 Å². The predicted octanol–water partition coefficient (Wildman–Crippen LogP) is 5.36. The first kappa shape index (κ1) is 20.4. The summed E-state index contributed by atoms with van der Waals surface area (Å²) in [5.74, 6) is -0.151. The fraction of sp³-hybridized carbons (Fsp3) is 0.154. The molecule has 0 aliphatic rings. The van der Waals surface area contributed by atoms with E-state index in [0.717, 1.165) is 17.2 Å². The van der Waals surface area contributed by atoms with Gasteiger partial charge in [-0.05, 0) is 40.1 Å². The predicted molar refractivity (Wildman–Crippen MR) is 122 cm³/mol. The monoisotopic (exact) mass is 412 g/mol. The van der Waals surface area contributed by atoms with E-state index < -0.39 is 5.97 Å². The molecule has 0 radical (unpaired) electrons. The number of aliphatic carboxylic acids is 1. The quantitative estimate of drug-likeness (QED) is 0.396. The van der Waals surface area contributed by atoms with Crippen LogP contribution in [0, 0.1) is 0 Å².